The molecule has 0 N–H and O–H groups in total. The van der Waals surface area contributed by atoms with Gasteiger partial charge in [-0.05, 0) is 45.1 Å². The number of thiophene rings is 1. The lowest BCUT2D eigenvalue weighted by molar-refractivity contribution is 0.561. The lowest BCUT2D eigenvalue weighted by Crippen LogP contribution is -2.27. The zero-order valence-corrected chi connectivity index (χ0v) is 13.3. The second-order valence-corrected chi connectivity index (χ2v) is 8.05. The molecule has 1 aromatic heterocycles. The van der Waals surface area contributed by atoms with E-state index in [0.29, 0.717) is 11.4 Å². The van der Waals surface area contributed by atoms with Crippen LogP contribution in [0.4, 0.5) is 0 Å². The van der Waals surface area contributed by atoms with E-state index in [4.69, 9.17) is 11.6 Å². The summed E-state index contributed by atoms with van der Waals surface area (Å²) in [6.45, 7) is 9.44. The zero-order chi connectivity index (χ0) is 13.8. The topological polar surface area (TPSA) is 35.4 Å². The summed E-state index contributed by atoms with van der Waals surface area (Å²) in [5.74, 6) is 0. The van der Waals surface area contributed by atoms with Gasteiger partial charge in [0.15, 0.2) is 0 Å². The Morgan fingerprint density at radius 3 is 2.72 bits per heavy atom. The van der Waals surface area contributed by atoms with E-state index in [1.54, 1.807) is 0 Å². The third-order valence-corrected chi connectivity index (χ3v) is 5.01. The van der Waals surface area contributed by atoms with Crippen LogP contribution in [0.1, 0.15) is 38.5 Å². The van der Waals surface area contributed by atoms with Gasteiger partial charge in [-0.2, -0.15) is 0 Å². The van der Waals surface area contributed by atoms with Crippen LogP contribution in [-0.2, 0) is 11.4 Å². The van der Waals surface area contributed by atoms with Crippen molar-refractivity contribution >= 4 is 40.0 Å². The van der Waals surface area contributed by atoms with Crippen LogP contribution in [-0.4, -0.2) is 15.0 Å². The first-order valence-corrected chi connectivity index (χ1v) is 8.06. The van der Waals surface area contributed by atoms with E-state index in [2.05, 4.69) is 11.0 Å². The van der Waals surface area contributed by atoms with Gasteiger partial charge in [0.05, 0.1) is 9.90 Å². The van der Waals surface area contributed by atoms with Crippen molar-refractivity contribution in [3.05, 3.63) is 34.0 Å². The Bertz CT molecular complexity index is 434. The van der Waals surface area contributed by atoms with Crippen molar-refractivity contribution in [3.63, 3.8) is 0 Å². The molecule has 0 aromatic carbocycles. The van der Waals surface area contributed by atoms with Gasteiger partial charge in [0.1, 0.15) is 21.8 Å². The molecule has 0 aliphatic rings. The molecule has 0 saturated heterocycles. The van der Waals surface area contributed by atoms with Gasteiger partial charge in [-0.25, -0.2) is 0 Å². The Kier molecular flexibility index (Phi) is 5.92. The largest absolute Gasteiger partial charge is 0.591 e. The highest BCUT2D eigenvalue weighted by atomic mass is 35.5. The summed E-state index contributed by atoms with van der Waals surface area (Å²) in [5.41, 5.74) is 0.808. The van der Waals surface area contributed by atoms with Crippen molar-refractivity contribution in [2.75, 3.05) is 0 Å². The summed E-state index contributed by atoms with van der Waals surface area (Å²) in [7, 11) is 0. The molecule has 1 heterocycles. The van der Waals surface area contributed by atoms with E-state index in [0.717, 1.165) is 17.0 Å². The highest BCUT2D eigenvalue weighted by molar-refractivity contribution is 7.91. The Balaban J connectivity index is 3.02. The highest BCUT2D eigenvalue weighted by Crippen LogP contribution is 2.27. The molecule has 0 unspecified atom stereocenters. The summed E-state index contributed by atoms with van der Waals surface area (Å²) >= 11 is 6.38. The van der Waals surface area contributed by atoms with Crippen LogP contribution in [0.5, 0.6) is 0 Å². The fourth-order valence-corrected chi connectivity index (χ4v) is 3.08. The summed E-state index contributed by atoms with van der Waals surface area (Å²) in [6.07, 6.45) is 3.34. The Morgan fingerprint density at radius 1 is 1.61 bits per heavy atom. The number of halogens is 1. The quantitative estimate of drug-likeness (QED) is 0.444. The predicted molar refractivity (Wildman–Crippen MR) is 83.2 cm³/mol. The monoisotopic (exact) mass is 303 g/mol. The van der Waals surface area contributed by atoms with Gasteiger partial charge < -0.3 is 4.55 Å². The third kappa shape index (κ3) is 4.43. The number of nitrogens with zero attached hydrogens (tertiary/aromatic N) is 1. The number of hydrogen-bond donors (Lipinski definition) is 0. The second kappa shape index (κ2) is 6.75. The van der Waals surface area contributed by atoms with Crippen LogP contribution in [0.15, 0.2) is 28.5 Å². The Labute approximate surface area is 121 Å². The summed E-state index contributed by atoms with van der Waals surface area (Å²) in [4.78, 5) is 0.913. The van der Waals surface area contributed by atoms with Crippen LogP contribution in [0.2, 0.25) is 5.02 Å². The van der Waals surface area contributed by atoms with E-state index in [9.17, 15) is 4.55 Å². The average Bonchev–Trinajstić information content (AvgIpc) is 2.69. The molecule has 0 radical (unpaired) electrons. The number of allylic oxidation sites excluding steroid dienone is 1. The van der Waals surface area contributed by atoms with Crippen molar-refractivity contribution in [1.29, 1.82) is 0 Å². The van der Waals surface area contributed by atoms with Crippen LogP contribution in [0, 0.1) is 0 Å². The molecule has 0 aliphatic heterocycles. The van der Waals surface area contributed by atoms with E-state index in [1.165, 1.54) is 11.3 Å². The molecule has 1 aromatic rings. The van der Waals surface area contributed by atoms with E-state index in [1.807, 2.05) is 38.3 Å². The van der Waals surface area contributed by atoms with Gasteiger partial charge >= 0.3 is 0 Å². The molecule has 0 fully saturated rings. The van der Waals surface area contributed by atoms with Crippen LogP contribution in [0.3, 0.4) is 0 Å². The van der Waals surface area contributed by atoms with Gasteiger partial charge in [-0.15, -0.1) is 17.9 Å². The first-order chi connectivity index (χ1) is 8.36. The Hall–Kier alpha value is -0.290. The second-order valence-electron chi connectivity index (χ2n) is 4.82. The molecule has 2 nitrogen and oxygen atoms in total. The minimum atomic E-state index is -1.26. The molecule has 0 spiro atoms. The van der Waals surface area contributed by atoms with E-state index < -0.39 is 11.4 Å². The molecule has 0 aliphatic carbocycles. The van der Waals surface area contributed by atoms with Crippen LogP contribution in [0.25, 0.3) is 0 Å². The summed E-state index contributed by atoms with van der Waals surface area (Å²) in [6, 6.07) is 1.84. The standard InChI is InChI=1S/C13H18ClNOS2/c1-5-6-7-11(12-10(14)8-9-17-12)15-18(16)13(2,3)4/h5,8-9H,1,6-7H2,2-4H3/b15-11+/t18-/m1/s1. The van der Waals surface area contributed by atoms with Crippen molar-refractivity contribution in [1.82, 2.24) is 0 Å². The maximum absolute atomic E-state index is 12.1. The molecule has 1 rings (SSSR count). The first-order valence-electron chi connectivity index (χ1n) is 5.70. The van der Waals surface area contributed by atoms with Crippen LogP contribution >= 0.6 is 22.9 Å². The van der Waals surface area contributed by atoms with Gasteiger partial charge in [0.2, 0.25) is 0 Å². The van der Waals surface area contributed by atoms with Crippen molar-refractivity contribution < 1.29 is 4.55 Å². The highest BCUT2D eigenvalue weighted by Gasteiger charge is 2.27. The fraction of sp³-hybridized carbons (Fsp3) is 0.462. The van der Waals surface area contributed by atoms with Crippen LogP contribution < -0.4 is 0 Å². The van der Waals surface area contributed by atoms with Gasteiger partial charge in [-0.3, -0.25) is 0 Å². The van der Waals surface area contributed by atoms with Crippen molar-refractivity contribution in [2.45, 2.75) is 38.4 Å². The molecular weight excluding hydrogens is 286 g/mol. The molecule has 100 valence electrons. The fourth-order valence-electron chi connectivity index (χ4n) is 1.18. The molecule has 0 bridgehead atoms. The molecule has 18 heavy (non-hydrogen) atoms. The lowest BCUT2D eigenvalue weighted by atomic mass is 10.2. The van der Waals surface area contributed by atoms with Crippen molar-refractivity contribution in [3.8, 4) is 0 Å². The minimum absolute atomic E-state index is 0.358. The lowest BCUT2D eigenvalue weighted by Gasteiger charge is -2.19. The summed E-state index contributed by atoms with van der Waals surface area (Å²) in [5, 5.41) is 2.59. The van der Waals surface area contributed by atoms with E-state index >= 15 is 0 Å². The van der Waals surface area contributed by atoms with Gasteiger partial charge in [0, 0.05) is 0 Å². The first kappa shape index (κ1) is 15.8. The number of hydrogen-bond acceptors (Lipinski definition) is 3. The molecule has 0 amide bonds. The smallest absolute Gasteiger partial charge is 0.144 e. The molecule has 0 saturated carbocycles. The van der Waals surface area contributed by atoms with Gasteiger partial charge in [-0.1, -0.05) is 22.1 Å². The third-order valence-electron chi connectivity index (χ3n) is 2.18. The van der Waals surface area contributed by atoms with E-state index in [-0.39, 0.29) is 4.75 Å². The van der Waals surface area contributed by atoms with Crippen molar-refractivity contribution in [2.24, 2.45) is 4.40 Å². The Morgan fingerprint density at radius 2 is 2.28 bits per heavy atom. The molecule has 5 heteroatoms. The molecular formula is C13H18ClNOS2. The zero-order valence-electron chi connectivity index (χ0n) is 10.9. The maximum atomic E-state index is 12.1. The minimum Gasteiger partial charge on any atom is -0.591 e. The van der Waals surface area contributed by atoms with Gasteiger partial charge in [0.25, 0.3) is 0 Å². The summed E-state index contributed by atoms with van der Waals surface area (Å²) < 4.78 is 16.1. The SMILES string of the molecule is C=CCC/C(=N\[S@+]([O-])C(C)(C)C)c1sccc1Cl. The maximum Gasteiger partial charge on any atom is 0.144 e. The number of rotatable bonds is 5. The normalized spacial score (nSPS) is 14.6. The predicted octanol–water partition coefficient (Wildman–Crippen LogP) is 4.62. The molecule has 1 atom stereocenters. The average molecular weight is 304 g/mol.